The van der Waals surface area contributed by atoms with E-state index in [1.165, 1.54) is 20.9 Å². The first-order valence-corrected chi connectivity index (χ1v) is 9.88. The van der Waals surface area contributed by atoms with E-state index in [-0.39, 0.29) is 37.7 Å². The molecule has 0 unspecified atom stereocenters. The number of benzene rings is 1. The van der Waals surface area contributed by atoms with Crippen molar-refractivity contribution in [3.63, 3.8) is 0 Å². The summed E-state index contributed by atoms with van der Waals surface area (Å²) in [6.45, 7) is 3.16. The summed E-state index contributed by atoms with van der Waals surface area (Å²) in [7, 11) is 1.49. The third-order valence-electron chi connectivity index (χ3n) is 4.34. The lowest BCUT2D eigenvalue weighted by Crippen LogP contribution is -2.51. The number of carbonyl (C=O) groups is 4. The summed E-state index contributed by atoms with van der Waals surface area (Å²) in [6, 6.07) is 3.22. The van der Waals surface area contributed by atoms with Gasteiger partial charge in [0.1, 0.15) is 12.1 Å². The maximum Gasteiger partial charge on any atom is 0.251 e. The summed E-state index contributed by atoms with van der Waals surface area (Å²) >= 11 is 0. The van der Waals surface area contributed by atoms with Gasteiger partial charge in [0, 0.05) is 36.9 Å². The maximum absolute atomic E-state index is 12.4. The number of hydrogen-bond donors (Lipinski definition) is 4. The summed E-state index contributed by atoms with van der Waals surface area (Å²) in [5, 5.41) is 13.7. The van der Waals surface area contributed by atoms with Gasteiger partial charge in [-0.25, -0.2) is 0 Å². The van der Waals surface area contributed by atoms with Crippen LogP contribution in [0.4, 0.5) is 0 Å². The predicted molar refractivity (Wildman–Crippen MR) is 118 cm³/mol. The zero-order valence-corrected chi connectivity index (χ0v) is 18.3. The predicted octanol–water partition coefficient (Wildman–Crippen LogP) is 0.896. The van der Waals surface area contributed by atoms with Crippen molar-refractivity contribution in [3.8, 4) is 12.3 Å². The van der Waals surface area contributed by atoms with Crippen LogP contribution in [0.5, 0.6) is 0 Å². The lowest BCUT2D eigenvalue weighted by Gasteiger charge is -2.18. The molecule has 0 radical (unpaired) electrons. The minimum Gasteiger partial charge on any atom is -0.355 e. The van der Waals surface area contributed by atoms with Crippen molar-refractivity contribution in [3.05, 3.63) is 45.3 Å². The third kappa shape index (κ3) is 8.77. The van der Waals surface area contributed by atoms with Crippen LogP contribution in [0, 0.1) is 12.3 Å². The van der Waals surface area contributed by atoms with E-state index in [9.17, 15) is 19.2 Å². The van der Waals surface area contributed by atoms with E-state index in [1.807, 2.05) is 0 Å². The van der Waals surface area contributed by atoms with E-state index >= 15 is 0 Å². The van der Waals surface area contributed by atoms with Gasteiger partial charge < -0.3 is 21.3 Å². The van der Waals surface area contributed by atoms with Crippen LogP contribution in [0.15, 0.2) is 23.3 Å². The largest absolute Gasteiger partial charge is 0.355 e. The van der Waals surface area contributed by atoms with E-state index in [4.69, 9.17) is 12.0 Å². The fraction of sp³-hybridized carbons (Fsp3) is 0.429. The van der Waals surface area contributed by atoms with Crippen LogP contribution < -0.4 is 21.3 Å². The molecular formula is C21H27N7O4. The van der Waals surface area contributed by atoms with Gasteiger partial charge in [-0.15, -0.1) is 12.3 Å². The van der Waals surface area contributed by atoms with Crippen LogP contribution in [-0.2, 0) is 27.5 Å². The van der Waals surface area contributed by atoms with Crippen molar-refractivity contribution in [1.29, 1.82) is 0 Å². The first-order chi connectivity index (χ1) is 15.2. The molecule has 4 amide bonds. The molecule has 1 aromatic rings. The summed E-state index contributed by atoms with van der Waals surface area (Å²) < 4.78 is 0. The topological polar surface area (TPSA) is 165 Å². The van der Waals surface area contributed by atoms with E-state index in [1.54, 1.807) is 18.2 Å². The molecule has 2 atom stereocenters. The van der Waals surface area contributed by atoms with Gasteiger partial charge in [0.25, 0.3) is 5.91 Å². The molecule has 0 saturated carbocycles. The summed E-state index contributed by atoms with van der Waals surface area (Å²) in [5.74, 6) is 0.706. The zero-order valence-electron chi connectivity index (χ0n) is 18.3. The van der Waals surface area contributed by atoms with Crippen molar-refractivity contribution in [1.82, 2.24) is 21.3 Å². The number of amides is 4. The van der Waals surface area contributed by atoms with Gasteiger partial charge in [-0.05, 0) is 42.6 Å². The Labute approximate surface area is 186 Å². The molecule has 1 rings (SSSR count). The SMILES string of the molecule is C#CCCC(=O)N[C@H](C)C(=O)N[C@H](C)C(=O)NCc1cc(CN=[N+]=[N-])cc(C(=O)NC)c1. The second kappa shape index (κ2) is 13.3. The molecule has 0 heterocycles. The Kier molecular flexibility index (Phi) is 10.8. The molecule has 11 nitrogen and oxygen atoms in total. The molecule has 0 bridgehead atoms. The molecule has 4 N–H and O–H groups in total. The van der Waals surface area contributed by atoms with Gasteiger partial charge in [-0.1, -0.05) is 11.2 Å². The van der Waals surface area contributed by atoms with Gasteiger partial charge in [-0.3, -0.25) is 19.2 Å². The molecule has 1 aromatic carbocycles. The fourth-order valence-electron chi connectivity index (χ4n) is 2.66. The molecular weight excluding hydrogens is 414 g/mol. The second-order valence-corrected chi connectivity index (χ2v) is 6.95. The Hall–Kier alpha value is -4.03. The van der Waals surface area contributed by atoms with Gasteiger partial charge in [0.15, 0.2) is 0 Å². The maximum atomic E-state index is 12.4. The zero-order chi connectivity index (χ0) is 24.1. The molecule has 0 aliphatic heterocycles. The lowest BCUT2D eigenvalue weighted by atomic mass is 10.0. The monoisotopic (exact) mass is 441 g/mol. The van der Waals surface area contributed by atoms with Crippen LogP contribution in [0.1, 0.15) is 48.2 Å². The van der Waals surface area contributed by atoms with E-state index in [2.05, 4.69) is 37.2 Å². The standard InChI is InChI=1S/C21H27N7O4/c1-5-6-7-18(29)26-14(3)20(31)27-13(2)19(30)24-11-15-8-16(12-25-28-22)10-17(9-15)21(32)23-4/h1,8-10,13-14H,6-7,11-12H2,2-4H3,(H,23,32)(H,24,30)(H,26,29)(H,27,31)/t13-,14-/m1/s1. The number of azide groups is 1. The molecule has 0 aromatic heterocycles. The van der Waals surface area contributed by atoms with Gasteiger partial charge >= 0.3 is 0 Å². The average Bonchev–Trinajstić information content (AvgIpc) is 2.78. The minimum atomic E-state index is -0.864. The molecule has 0 aliphatic carbocycles. The third-order valence-corrected chi connectivity index (χ3v) is 4.34. The number of hydrogen-bond acceptors (Lipinski definition) is 5. The van der Waals surface area contributed by atoms with Crippen LogP contribution >= 0.6 is 0 Å². The van der Waals surface area contributed by atoms with E-state index in [0.29, 0.717) is 16.7 Å². The van der Waals surface area contributed by atoms with Gasteiger partial charge in [0.05, 0.1) is 6.54 Å². The fourth-order valence-corrected chi connectivity index (χ4v) is 2.66. The minimum absolute atomic E-state index is 0.0553. The summed E-state index contributed by atoms with van der Waals surface area (Å²) in [5.41, 5.74) is 10.1. The molecule has 0 fully saturated rings. The van der Waals surface area contributed by atoms with Crippen molar-refractivity contribution >= 4 is 23.6 Å². The van der Waals surface area contributed by atoms with Gasteiger partial charge in [-0.2, -0.15) is 0 Å². The van der Waals surface area contributed by atoms with Crippen molar-refractivity contribution in [2.45, 2.75) is 51.9 Å². The molecule has 0 spiro atoms. The van der Waals surface area contributed by atoms with Gasteiger partial charge in [0.2, 0.25) is 17.7 Å². The number of terminal acetylenes is 1. The Morgan fingerprint density at radius 1 is 1.09 bits per heavy atom. The normalized spacial score (nSPS) is 11.7. The molecule has 32 heavy (non-hydrogen) atoms. The number of carbonyl (C=O) groups excluding carboxylic acids is 4. The van der Waals surface area contributed by atoms with Crippen molar-refractivity contribution in [2.75, 3.05) is 7.05 Å². The second-order valence-electron chi connectivity index (χ2n) is 6.95. The molecule has 170 valence electrons. The quantitative estimate of drug-likeness (QED) is 0.173. The van der Waals surface area contributed by atoms with Crippen LogP contribution in [0.2, 0.25) is 0 Å². The number of nitrogens with zero attached hydrogens (tertiary/aromatic N) is 3. The highest BCUT2D eigenvalue weighted by atomic mass is 16.2. The molecule has 0 saturated heterocycles. The lowest BCUT2D eigenvalue weighted by molar-refractivity contribution is -0.131. The Morgan fingerprint density at radius 3 is 2.38 bits per heavy atom. The van der Waals surface area contributed by atoms with Crippen LogP contribution in [0.3, 0.4) is 0 Å². The van der Waals surface area contributed by atoms with Crippen LogP contribution in [-0.4, -0.2) is 42.8 Å². The van der Waals surface area contributed by atoms with E-state index < -0.39 is 23.9 Å². The summed E-state index contributed by atoms with van der Waals surface area (Å²) in [6.07, 6.45) is 5.49. The van der Waals surface area contributed by atoms with Crippen LogP contribution in [0.25, 0.3) is 10.4 Å². The number of rotatable bonds is 11. The molecule has 0 aliphatic rings. The van der Waals surface area contributed by atoms with Crippen molar-refractivity contribution in [2.24, 2.45) is 5.11 Å². The van der Waals surface area contributed by atoms with Crippen molar-refractivity contribution < 1.29 is 19.2 Å². The number of nitrogens with one attached hydrogen (secondary N) is 4. The Morgan fingerprint density at radius 2 is 1.75 bits per heavy atom. The smallest absolute Gasteiger partial charge is 0.251 e. The summed E-state index contributed by atoms with van der Waals surface area (Å²) in [4.78, 5) is 50.9. The highest BCUT2D eigenvalue weighted by molar-refractivity contribution is 5.94. The Balaban J connectivity index is 2.71. The highest BCUT2D eigenvalue weighted by Gasteiger charge is 2.21. The first kappa shape index (κ1) is 26.0. The Bertz CT molecular complexity index is 948. The highest BCUT2D eigenvalue weighted by Crippen LogP contribution is 2.12. The van der Waals surface area contributed by atoms with E-state index in [0.717, 1.165) is 0 Å². The molecule has 11 heteroatoms. The first-order valence-electron chi connectivity index (χ1n) is 9.88. The average molecular weight is 441 g/mol.